The van der Waals surface area contributed by atoms with Crippen LogP contribution in [0.5, 0.6) is 0 Å². The molecular weight excluding hydrogens is 540 g/mol. The molecule has 3 rings (SSSR count). The summed E-state index contributed by atoms with van der Waals surface area (Å²) in [5.74, 6) is -2.02. The lowest BCUT2D eigenvalue weighted by molar-refractivity contribution is -0.00204. The van der Waals surface area contributed by atoms with Gasteiger partial charge in [-0.25, -0.2) is 13.6 Å². The number of halogens is 3. The molecule has 0 radical (unpaired) electrons. The third-order valence-electron chi connectivity index (χ3n) is 7.40. The van der Waals surface area contributed by atoms with Gasteiger partial charge in [0, 0.05) is 18.0 Å². The Labute approximate surface area is 235 Å². The molecule has 0 bridgehead atoms. The van der Waals surface area contributed by atoms with Gasteiger partial charge in [-0.1, -0.05) is 58.4 Å². The summed E-state index contributed by atoms with van der Waals surface area (Å²) in [6.45, 7) is 16.5. The van der Waals surface area contributed by atoms with E-state index in [-0.39, 0.29) is 46.0 Å². The van der Waals surface area contributed by atoms with Crippen LogP contribution in [-0.2, 0) is 21.1 Å². The van der Waals surface area contributed by atoms with Crippen LogP contribution in [0, 0.1) is 23.0 Å². The molecule has 9 heteroatoms. The number of carbonyl (C=O) groups excluding carboxylic acids is 1. The summed E-state index contributed by atoms with van der Waals surface area (Å²) in [4.78, 5) is 26.7. The van der Waals surface area contributed by atoms with Crippen molar-refractivity contribution in [1.29, 1.82) is 0 Å². The Morgan fingerprint density at radius 1 is 1.13 bits per heavy atom. The summed E-state index contributed by atoms with van der Waals surface area (Å²) < 4.78 is 43.8. The minimum atomic E-state index is -1.48. The Bertz CT molecular complexity index is 1430. The Balaban J connectivity index is 2.44. The quantitative estimate of drug-likeness (QED) is 0.201. The van der Waals surface area contributed by atoms with Crippen molar-refractivity contribution in [2.45, 2.75) is 66.6 Å². The highest BCUT2D eigenvalue weighted by atomic mass is 35.5. The molecule has 0 aliphatic carbocycles. The summed E-state index contributed by atoms with van der Waals surface area (Å²) in [5, 5.41) is 0.0803. The molecule has 0 N–H and O–H groups in total. The third-order valence-corrected chi connectivity index (χ3v) is 8.53. The number of benzene rings is 2. The second kappa shape index (κ2) is 11.9. The number of fused-ring (bicyclic) bond motifs is 1. The van der Waals surface area contributed by atoms with Gasteiger partial charge in [0.1, 0.15) is 17.2 Å². The lowest BCUT2D eigenvalue weighted by Gasteiger charge is -2.50. The summed E-state index contributed by atoms with van der Waals surface area (Å²) in [6.07, 6.45) is 1.38. The topological polar surface area (TPSA) is 57.5 Å². The molecule has 5 nitrogen and oxygen atoms in total. The van der Waals surface area contributed by atoms with Gasteiger partial charge in [-0.05, 0) is 60.7 Å². The highest BCUT2D eigenvalue weighted by Crippen LogP contribution is 2.45. The van der Waals surface area contributed by atoms with Crippen LogP contribution >= 0.6 is 11.6 Å². The maximum absolute atomic E-state index is 15.7. The third kappa shape index (κ3) is 5.98. The zero-order valence-corrected chi connectivity index (χ0v) is 25.9. The lowest BCUT2D eigenvalue weighted by atomic mass is 9.67. The number of nitrogens with zero attached hydrogens (tertiary/aromatic N) is 1. The fraction of sp³-hybridized carbons (Fsp3) is 0.467. The van der Waals surface area contributed by atoms with Gasteiger partial charge in [-0.3, -0.25) is 4.79 Å². The van der Waals surface area contributed by atoms with E-state index in [4.69, 9.17) is 20.8 Å². The van der Waals surface area contributed by atoms with Crippen LogP contribution in [0.1, 0.15) is 63.0 Å². The molecule has 1 heterocycles. The average molecular weight is 578 g/mol. The van der Waals surface area contributed by atoms with E-state index < -0.39 is 43.0 Å². The molecule has 0 saturated carbocycles. The van der Waals surface area contributed by atoms with Crippen molar-refractivity contribution in [3.05, 3.63) is 80.1 Å². The second-order valence-electron chi connectivity index (χ2n) is 11.5. The predicted molar refractivity (Wildman–Crippen MR) is 155 cm³/mol. The SMILES string of the molecule is CCOC(=O)c1cn(C(CO[SiH](C)C)(C(C)C)C(C)(C)C)c2cc(F)c(Cc3cccc(Cl)c3F)cc2c1=O. The largest absolute Gasteiger partial charge is 0.462 e. The number of aromatic nitrogens is 1. The van der Waals surface area contributed by atoms with Gasteiger partial charge in [-0.2, -0.15) is 0 Å². The Hall–Kier alpha value is -2.55. The van der Waals surface area contributed by atoms with Gasteiger partial charge in [0.15, 0.2) is 9.04 Å². The maximum Gasteiger partial charge on any atom is 0.343 e. The lowest BCUT2D eigenvalue weighted by Crippen LogP contribution is -2.54. The van der Waals surface area contributed by atoms with E-state index in [0.29, 0.717) is 12.1 Å². The van der Waals surface area contributed by atoms with Gasteiger partial charge in [0.25, 0.3) is 0 Å². The average Bonchev–Trinajstić information content (AvgIpc) is 2.83. The fourth-order valence-electron chi connectivity index (χ4n) is 5.35. The van der Waals surface area contributed by atoms with Crippen molar-refractivity contribution in [2.75, 3.05) is 13.2 Å². The van der Waals surface area contributed by atoms with Crippen LogP contribution in [-0.4, -0.2) is 32.8 Å². The minimum absolute atomic E-state index is 0.0331. The van der Waals surface area contributed by atoms with Crippen LogP contribution in [0.4, 0.5) is 8.78 Å². The highest BCUT2D eigenvalue weighted by Gasteiger charge is 2.47. The van der Waals surface area contributed by atoms with Crippen molar-refractivity contribution >= 4 is 37.5 Å². The van der Waals surface area contributed by atoms with Crippen LogP contribution < -0.4 is 5.43 Å². The summed E-state index contributed by atoms with van der Waals surface area (Å²) in [6, 6.07) is 7.25. The minimum Gasteiger partial charge on any atom is -0.462 e. The van der Waals surface area contributed by atoms with Crippen LogP contribution in [0.25, 0.3) is 10.9 Å². The summed E-state index contributed by atoms with van der Waals surface area (Å²) >= 11 is 5.94. The first kappa shape index (κ1) is 31.0. The van der Waals surface area contributed by atoms with Crippen molar-refractivity contribution in [1.82, 2.24) is 4.57 Å². The molecule has 3 aromatic rings. The van der Waals surface area contributed by atoms with E-state index in [1.54, 1.807) is 13.0 Å². The van der Waals surface area contributed by atoms with E-state index in [0.717, 1.165) is 0 Å². The Morgan fingerprint density at radius 3 is 2.36 bits per heavy atom. The van der Waals surface area contributed by atoms with Gasteiger partial charge < -0.3 is 13.7 Å². The monoisotopic (exact) mass is 577 g/mol. The zero-order chi connectivity index (χ0) is 29.3. The standard InChI is InChI=1S/C30H38ClF2NO4Si/c1-9-37-28(36)22-16-34(30(18(2)3,29(4,5)6)17-38-39(7)8)25-15-24(32)20(14-21(25)27(22)35)13-19-11-10-12-23(31)26(19)33/h10-12,14-16,18,39H,9,13,17H2,1-8H3. The van der Waals surface area contributed by atoms with Gasteiger partial charge in [-0.15, -0.1) is 0 Å². The molecule has 39 heavy (non-hydrogen) atoms. The van der Waals surface area contributed by atoms with Gasteiger partial charge >= 0.3 is 5.97 Å². The van der Waals surface area contributed by atoms with E-state index in [2.05, 4.69) is 47.7 Å². The number of ether oxygens (including phenoxy) is 1. The number of carbonyl (C=O) groups is 1. The van der Waals surface area contributed by atoms with Gasteiger partial charge in [0.2, 0.25) is 5.43 Å². The molecule has 1 unspecified atom stereocenters. The van der Waals surface area contributed by atoms with Crippen LogP contribution in [0.2, 0.25) is 18.1 Å². The Kier molecular flexibility index (Phi) is 9.45. The molecule has 0 spiro atoms. The molecule has 0 saturated heterocycles. The molecule has 0 fully saturated rings. The molecule has 0 aliphatic heterocycles. The van der Waals surface area contributed by atoms with Crippen molar-refractivity contribution in [3.8, 4) is 0 Å². The molecule has 1 aromatic heterocycles. The first-order valence-corrected chi connectivity index (χ1v) is 16.4. The van der Waals surface area contributed by atoms with Crippen molar-refractivity contribution < 1.29 is 22.7 Å². The van der Waals surface area contributed by atoms with E-state index in [1.807, 2.05) is 4.57 Å². The number of rotatable bonds is 9. The predicted octanol–water partition coefficient (Wildman–Crippen LogP) is 7.10. The van der Waals surface area contributed by atoms with Crippen molar-refractivity contribution in [2.24, 2.45) is 11.3 Å². The zero-order valence-electron chi connectivity index (χ0n) is 24.0. The summed E-state index contributed by atoms with van der Waals surface area (Å²) in [5.41, 5.74) is -1.26. The fourth-order valence-corrected chi connectivity index (χ4v) is 6.13. The molecule has 0 aliphatic rings. The number of esters is 1. The van der Waals surface area contributed by atoms with E-state index in [1.165, 1.54) is 30.5 Å². The highest BCUT2D eigenvalue weighted by molar-refractivity contribution is 6.48. The number of hydrogen-bond donors (Lipinski definition) is 0. The van der Waals surface area contributed by atoms with Crippen molar-refractivity contribution in [3.63, 3.8) is 0 Å². The molecular formula is C30H38ClF2NO4Si. The van der Waals surface area contributed by atoms with E-state index in [9.17, 15) is 14.0 Å². The molecule has 1 atom stereocenters. The first-order valence-electron chi connectivity index (χ1n) is 13.3. The first-order chi connectivity index (χ1) is 18.1. The van der Waals surface area contributed by atoms with Gasteiger partial charge in [0.05, 0.1) is 29.3 Å². The van der Waals surface area contributed by atoms with Crippen LogP contribution in [0.15, 0.2) is 41.3 Å². The number of pyridine rings is 1. The summed E-state index contributed by atoms with van der Waals surface area (Å²) in [7, 11) is -1.48. The Morgan fingerprint density at radius 2 is 1.79 bits per heavy atom. The van der Waals surface area contributed by atoms with Crippen LogP contribution in [0.3, 0.4) is 0 Å². The molecule has 0 amide bonds. The molecule has 2 aromatic carbocycles. The maximum atomic E-state index is 15.7. The second-order valence-corrected chi connectivity index (χ2v) is 14.3. The smallest absolute Gasteiger partial charge is 0.343 e. The molecule has 212 valence electrons. The number of hydrogen-bond acceptors (Lipinski definition) is 4. The normalized spacial score (nSPS) is 13.8. The van der Waals surface area contributed by atoms with E-state index >= 15 is 4.39 Å².